The van der Waals surface area contributed by atoms with E-state index in [1.807, 2.05) is 0 Å². The standard InChI is InChI=1S/C15H20F3N3O4S/c1-26(24,25)12-2-3-13(14(8-12)21(22)23)19-9-11-4-6-20(7-5-11)10-15(16,17)18/h2-3,8,11,19H,4-7,9-10H2,1H3. The number of piperidine rings is 1. The Morgan fingerprint density at radius 1 is 1.31 bits per heavy atom. The normalized spacial score (nSPS) is 17.2. The van der Waals surface area contributed by atoms with Crippen LogP contribution in [-0.4, -0.2) is 56.9 Å². The summed E-state index contributed by atoms with van der Waals surface area (Å²) in [7, 11) is -3.56. The van der Waals surface area contributed by atoms with Gasteiger partial charge in [0.2, 0.25) is 0 Å². The fourth-order valence-electron chi connectivity index (χ4n) is 2.90. The molecule has 0 radical (unpaired) electrons. The highest BCUT2D eigenvalue weighted by Gasteiger charge is 2.32. The first-order valence-electron chi connectivity index (χ1n) is 7.97. The summed E-state index contributed by atoms with van der Waals surface area (Å²) < 4.78 is 60.2. The van der Waals surface area contributed by atoms with Crippen LogP contribution in [0.3, 0.4) is 0 Å². The third-order valence-corrected chi connectivity index (χ3v) is 5.40. The summed E-state index contributed by atoms with van der Waals surface area (Å²) in [4.78, 5) is 11.7. The first-order chi connectivity index (χ1) is 12.0. The molecule has 0 bridgehead atoms. The van der Waals surface area contributed by atoms with E-state index in [4.69, 9.17) is 0 Å². The monoisotopic (exact) mass is 395 g/mol. The second-order valence-corrected chi connectivity index (χ2v) is 8.44. The molecule has 1 N–H and O–H groups in total. The minimum absolute atomic E-state index is 0.0914. The molecule has 7 nitrogen and oxygen atoms in total. The van der Waals surface area contributed by atoms with Gasteiger partial charge in [-0.2, -0.15) is 13.2 Å². The van der Waals surface area contributed by atoms with E-state index in [9.17, 15) is 31.7 Å². The molecule has 1 aromatic carbocycles. The number of alkyl halides is 3. The van der Waals surface area contributed by atoms with Crippen LogP contribution in [0.2, 0.25) is 0 Å². The van der Waals surface area contributed by atoms with Crippen molar-refractivity contribution in [3.05, 3.63) is 28.3 Å². The van der Waals surface area contributed by atoms with Crippen molar-refractivity contribution in [1.82, 2.24) is 4.90 Å². The molecule has 0 atom stereocenters. The Morgan fingerprint density at radius 3 is 2.42 bits per heavy atom. The van der Waals surface area contributed by atoms with E-state index in [1.54, 1.807) is 0 Å². The number of benzene rings is 1. The fraction of sp³-hybridized carbons (Fsp3) is 0.600. The van der Waals surface area contributed by atoms with Crippen LogP contribution >= 0.6 is 0 Å². The molecule has 1 heterocycles. The van der Waals surface area contributed by atoms with E-state index >= 15 is 0 Å². The third kappa shape index (κ3) is 5.84. The van der Waals surface area contributed by atoms with Crippen LogP contribution in [0.5, 0.6) is 0 Å². The summed E-state index contributed by atoms with van der Waals surface area (Å²) >= 11 is 0. The predicted molar refractivity (Wildman–Crippen MR) is 89.9 cm³/mol. The highest BCUT2D eigenvalue weighted by molar-refractivity contribution is 7.90. The molecule has 0 spiro atoms. The maximum Gasteiger partial charge on any atom is 0.401 e. The zero-order valence-electron chi connectivity index (χ0n) is 14.1. The Bertz CT molecular complexity index is 760. The summed E-state index contributed by atoms with van der Waals surface area (Å²) in [6.07, 6.45) is -2.14. The number of rotatable bonds is 6. The molecule has 1 aromatic rings. The van der Waals surface area contributed by atoms with E-state index in [0.29, 0.717) is 32.5 Å². The predicted octanol–water partition coefficient (Wildman–Crippen LogP) is 2.68. The van der Waals surface area contributed by atoms with Crippen LogP contribution in [-0.2, 0) is 9.84 Å². The number of nitrogens with one attached hydrogen (secondary N) is 1. The average Bonchev–Trinajstić information content (AvgIpc) is 2.51. The number of anilines is 1. The van der Waals surface area contributed by atoms with Gasteiger partial charge in [-0.05, 0) is 44.0 Å². The van der Waals surface area contributed by atoms with Gasteiger partial charge in [-0.15, -0.1) is 0 Å². The third-order valence-electron chi connectivity index (χ3n) is 4.29. The number of hydrogen-bond acceptors (Lipinski definition) is 6. The first-order valence-corrected chi connectivity index (χ1v) is 9.86. The second kappa shape index (κ2) is 7.78. The van der Waals surface area contributed by atoms with Crippen LogP contribution in [0.15, 0.2) is 23.1 Å². The van der Waals surface area contributed by atoms with Gasteiger partial charge < -0.3 is 5.32 Å². The van der Waals surface area contributed by atoms with Crippen LogP contribution in [0, 0.1) is 16.0 Å². The van der Waals surface area contributed by atoms with Gasteiger partial charge in [0.05, 0.1) is 16.4 Å². The highest BCUT2D eigenvalue weighted by atomic mass is 32.2. The Labute approximate surface area is 149 Å². The lowest BCUT2D eigenvalue weighted by Gasteiger charge is -2.32. The van der Waals surface area contributed by atoms with E-state index in [-0.39, 0.29) is 22.2 Å². The summed E-state index contributed by atoms with van der Waals surface area (Å²) in [5.74, 6) is 0.0914. The SMILES string of the molecule is CS(=O)(=O)c1ccc(NCC2CCN(CC(F)(F)F)CC2)c([N+](=O)[O-])c1. The number of halogens is 3. The molecule has 1 saturated heterocycles. The van der Waals surface area contributed by atoms with Gasteiger partial charge in [0.25, 0.3) is 5.69 Å². The number of nitro groups is 1. The van der Waals surface area contributed by atoms with Crippen molar-refractivity contribution in [2.24, 2.45) is 5.92 Å². The molecule has 0 unspecified atom stereocenters. The Kier molecular flexibility index (Phi) is 6.12. The van der Waals surface area contributed by atoms with Crippen molar-refractivity contribution in [2.45, 2.75) is 23.9 Å². The molecule has 26 heavy (non-hydrogen) atoms. The van der Waals surface area contributed by atoms with Crippen molar-refractivity contribution < 1.29 is 26.5 Å². The van der Waals surface area contributed by atoms with Gasteiger partial charge >= 0.3 is 6.18 Å². The molecule has 1 aliphatic rings. The number of hydrogen-bond donors (Lipinski definition) is 1. The quantitative estimate of drug-likeness (QED) is 0.588. The Morgan fingerprint density at radius 2 is 1.92 bits per heavy atom. The van der Waals surface area contributed by atoms with E-state index in [1.165, 1.54) is 17.0 Å². The fourth-order valence-corrected chi connectivity index (χ4v) is 3.54. The van der Waals surface area contributed by atoms with Crippen LogP contribution < -0.4 is 5.32 Å². The maximum absolute atomic E-state index is 12.4. The molecule has 0 aliphatic carbocycles. The second-order valence-electron chi connectivity index (χ2n) is 6.42. The number of likely N-dealkylation sites (tertiary alicyclic amines) is 1. The molecular weight excluding hydrogens is 375 g/mol. The van der Waals surface area contributed by atoms with Crippen LogP contribution in [0.1, 0.15) is 12.8 Å². The Hall–Kier alpha value is -1.88. The van der Waals surface area contributed by atoms with Gasteiger partial charge in [-0.1, -0.05) is 0 Å². The topological polar surface area (TPSA) is 92.6 Å². The molecule has 146 valence electrons. The summed E-state index contributed by atoms with van der Waals surface area (Å²) in [6, 6.07) is 3.63. The van der Waals surface area contributed by atoms with Crippen molar-refractivity contribution in [3.63, 3.8) is 0 Å². The largest absolute Gasteiger partial charge is 0.401 e. The van der Waals surface area contributed by atoms with Gasteiger partial charge in [-0.25, -0.2) is 8.42 Å². The van der Waals surface area contributed by atoms with Gasteiger partial charge in [-0.3, -0.25) is 15.0 Å². The number of sulfone groups is 1. The number of nitro benzene ring substituents is 1. The minimum Gasteiger partial charge on any atom is -0.379 e. The lowest BCUT2D eigenvalue weighted by Crippen LogP contribution is -2.41. The van der Waals surface area contributed by atoms with Crippen LogP contribution in [0.25, 0.3) is 0 Å². The summed E-state index contributed by atoms with van der Waals surface area (Å²) in [5.41, 5.74) is -0.150. The molecule has 2 rings (SSSR count). The van der Waals surface area contributed by atoms with Crippen molar-refractivity contribution >= 4 is 21.2 Å². The lowest BCUT2D eigenvalue weighted by atomic mass is 9.96. The van der Waals surface area contributed by atoms with Gasteiger partial charge in [0.15, 0.2) is 9.84 Å². The number of nitrogens with zero attached hydrogens (tertiary/aromatic N) is 2. The van der Waals surface area contributed by atoms with Crippen molar-refractivity contribution in [2.75, 3.05) is 37.8 Å². The average molecular weight is 395 g/mol. The van der Waals surface area contributed by atoms with Crippen molar-refractivity contribution in [1.29, 1.82) is 0 Å². The first kappa shape index (κ1) is 20.4. The van der Waals surface area contributed by atoms with E-state index in [0.717, 1.165) is 12.3 Å². The molecule has 0 saturated carbocycles. The molecule has 0 aromatic heterocycles. The molecule has 1 aliphatic heterocycles. The molecule has 1 fully saturated rings. The van der Waals surface area contributed by atoms with Gasteiger partial charge in [0, 0.05) is 18.9 Å². The van der Waals surface area contributed by atoms with E-state index in [2.05, 4.69) is 5.32 Å². The smallest absolute Gasteiger partial charge is 0.379 e. The minimum atomic E-state index is -4.22. The maximum atomic E-state index is 12.4. The zero-order chi connectivity index (χ0) is 19.5. The van der Waals surface area contributed by atoms with Crippen LogP contribution in [0.4, 0.5) is 24.5 Å². The van der Waals surface area contributed by atoms with E-state index < -0.39 is 27.5 Å². The Balaban J connectivity index is 1.97. The lowest BCUT2D eigenvalue weighted by molar-refractivity contribution is -0.384. The summed E-state index contributed by atoms with van der Waals surface area (Å²) in [5, 5.41) is 14.1. The molecule has 11 heteroatoms. The van der Waals surface area contributed by atoms with Gasteiger partial charge in [0.1, 0.15) is 5.69 Å². The molecule has 0 amide bonds. The zero-order valence-corrected chi connectivity index (χ0v) is 14.9. The van der Waals surface area contributed by atoms with Crippen molar-refractivity contribution in [3.8, 4) is 0 Å². The highest BCUT2D eigenvalue weighted by Crippen LogP contribution is 2.29. The molecular formula is C15H20F3N3O4S. The summed E-state index contributed by atoms with van der Waals surface area (Å²) in [6.45, 7) is 0.0897.